The molecule has 4 heterocycles. The topological polar surface area (TPSA) is 58.4 Å². The summed E-state index contributed by atoms with van der Waals surface area (Å²) in [5.41, 5.74) is 1.06. The van der Waals surface area contributed by atoms with Crippen molar-refractivity contribution in [2.75, 3.05) is 6.61 Å². The molecule has 4 rings (SSSR count). The first kappa shape index (κ1) is 19.3. The minimum absolute atomic E-state index is 0.00792. The highest BCUT2D eigenvalue weighted by atomic mass is 16.7. The molecule has 0 radical (unpaired) electrons. The van der Waals surface area contributed by atoms with Crippen LogP contribution in [0, 0.1) is 0 Å². The molecule has 6 nitrogen and oxygen atoms in total. The number of aromatic nitrogens is 3. The molecule has 2 aromatic rings. The van der Waals surface area contributed by atoms with Gasteiger partial charge in [-0.25, -0.2) is 9.67 Å². The number of ether oxygens (including phenoxy) is 1. The molecule has 7 heteroatoms. The molecule has 0 bridgehead atoms. The van der Waals surface area contributed by atoms with Crippen LogP contribution in [0.5, 0.6) is 0 Å². The molecule has 0 aliphatic carbocycles. The summed E-state index contributed by atoms with van der Waals surface area (Å²) in [4.78, 5) is 4.62. The second-order valence-electron chi connectivity index (χ2n) is 7.68. The summed E-state index contributed by atoms with van der Waals surface area (Å²) < 4.78 is 19.9. The van der Waals surface area contributed by atoms with Crippen LogP contribution in [0.15, 0.2) is 18.5 Å². The van der Waals surface area contributed by atoms with Gasteiger partial charge < -0.3 is 14.0 Å². The van der Waals surface area contributed by atoms with Crippen LogP contribution < -0.4 is 5.46 Å². The average Bonchev–Trinajstić information content (AvgIpc) is 3.15. The third-order valence-corrected chi connectivity index (χ3v) is 5.41. The monoisotopic (exact) mass is 359 g/mol. The Labute approximate surface area is 156 Å². The van der Waals surface area contributed by atoms with Crippen LogP contribution in [0.1, 0.15) is 67.0 Å². The number of rotatable bonds is 2. The average molecular weight is 359 g/mol. The largest absolute Gasteiger partial charge is 0.496 e. The van der Waals surface area contributed by atoms with Crippen molar-refractivity contribution in [3.05, 3.63) is 18.5 Å². The van der Waals surface area contributed by atoms with Crippen molar-refractivity contribution in [3.8, 4) is 0 Å². The van der Waals surface area contributed by atoms with Gasteiger partial charge in [0.05, 0.1) is 17.4 Å². The van der Waals surface area contributed by atoms with Gasteiger partial charge in [0, 0.05) is 23.7 Å². The molecule has 2 aliphatic heterocycles. The Morgan fingerprint density at radius 2 is 1.77 bits per heavy atom. The lowest BCUT2D eigenvalue weighted by Gasteiger charge is -2.32. The maximum atomic E-state index is 6.11. The van der Waals surface area contributed by atoms with Gasteiger partial charge in [0.1, 0.15) is 0 Å². The molecule has 2 saturated heterocycles. The predicted octanol–water partition coefficient (Wildman–Crippen LogP) is 3.46. The van der Waals surface area contributed by atoms with Crippen molar-refractivity contribution in [3.63, 3.8) is 0 Å². The van der Waals surface area contributed by atoms with Gasteiger partial charge in [-0.1, -0.05) is 13.8 Å². The van der Waals surface area contributed by atoms with E-state index in [4.69, 9.17) is 14.0 Å². The first-order chi connectivity index (χ1) is 12.4. The van der Waals surface area contributed by atoms with Gasteiger partial charge in [0.15, 0.2) is 11.9 Å². The van der Waals surface area contributed by atoms with E-state index in [1.807, 2.05) is 30.9 Å². The van der Waals surface area contributed by atoms with E-state index in [0.717, 1.165) is 42.4 Å². The third kappa shape index (κ3) is 3.40. The van der Waals surface area contributed by atoms with E-state index in [1.165, 1.54) is 0 Å². The number of fused-ring (bicyclic) bond motifs is 1. The minimum atomic E-state index is -0.402. The van der Waals surface area contributed by atoms with E-state index in [0.29, 0.717) is 0 Å². The fraction of sp³-hybridized carbons (Fsp3) is 0.684. The van der Waals surface area contributed by atoms with Gasteiger partial charge in [-0.05, 0) is 53.0 Å². The van der Waals surface area contributed by atoms with Crippen molar-refractivity contribution < 1.29 is 14.0 Å². The zero-order valence-corrected chi connectivity index (χ0v) is 16.8. The van der Waals surface area contributed by atoms with Crippen molar-refractivity contribution in [1.29, 1.82) is 0 Å². The zero-order chi connectivity index (χ0) is 18.9. The number of nitrogens with zero attached hydrogens (tertiary/aromatic N) is 3. The van der Waals surface area contributed by atoms with Crippen LogP contribution in [0.25, 0.3) is 11.0 Å². The highest BCUT2D eigenvalue weighted by Crippen LogP contribution is 2.36. The van der Waals surface area contributed by atoms with E-state index in [9.17, 15) is 0 Å². The molecule has 26 heavy (non-hydrogen) atoms. The Morgan fingerprint density at radius 1 is 1.08 bits per heavy atom. The standard InChI is InChI=1S/C17H24BN3O3.C2H6/c1-16(2)17(3,4)24-18(23-16)13-9-12-10-20-21(15(12)19-11-13)14-7-5-6-8-22-14;1-2/h9-11,14H,5-8H2,1-4H3;1-2H3. The second kappa shape index (κ2) is 7.29. The highest BCUT2D eigenvalue weighted by Gasteiger charge is 2.51. The van der Waals surface area contributed by atoms with Crippen LogP contribution in [0.3, 0.4) is 0 Å². The molecule has 1 atom stereocenters. The fourth-order valence-electron chi connectivity index (χ4n) is 3.19. The Balaban J connectivity index is 0.000000948. The molecule has 1 unspecified atom stereocenters. The Bertz CT molecular complexity index is 738. The Kier molecular flexibility index (Phi) is 5.42. The summed E-state index contributed by atoms with van der Waals surface area (Å²) in [5, 5.41) is 5.47. The molecular weight excluding hydrogens is 329 g/mol. The second-order valence-corrected chi connectivity index (χ2v) is 7.68. The Morgan fingerprint density at radius 3 is 2.38 bits per heavy atom. The zero-order valence-electron chi connectivity index (χ0n) is 16.8. The van der Waals surface area contributed by atoms with Crippen LogP contribution in [-0.2, 0) is 14.0 Å². The molecule has 2 aromatic heterocycles. The van der Waals surface area contributed by atoms with E-state index in [2.05, 4.69) is 43.8 Å². The molecule has 2 fully saturated rings. The SMILES string of the molecule is CC.CC1(C)OB(c2cnc3c(cnn3C3CCCCO3)c2)OC1(C)C. The normalized spacial score (nSPS) is 24.4. The lowest BCUT2D eigenvalue weighted by atomic mass is 9.80. The first-order valence-corrected chi connectivity index (χ1v) is 9.68. The van der Waals surface area contributed by atoms with Gasteiger partial charge in [0.25, 0.3) is 0 Å². The molecule has 0 saturated carbocycles. The maximum Gasteiger partial charge on any atom is 0.496 e. The summed E-state index contributed by atoms with van der Waals surface area (Å²) in [6, 6.07) is 2.05. The number of hydrogen-bond acceptors (Lipinski definition) is 5. The lowest BCUT2D eigenvalue weighted by molar-refractivity contribution is -0.0370. The van der Waals surface area contributed by atoms with Gasteiger partial charge in [-0.15, -0.1) is 0 Å². The fourth-order valence-corrected chi connectivity index (χ4v) is 3.19. The summed E-state index contributed by atoms with van der Waals surface area (Å²) in [6.07, 6.45) is 6.93. The predicted molar refractivity (Wildman–Crippen MR) is 103 cm³/mol. The Hall–Kier alpha value is -1.44. The van der Waals surface area contributed by atoms with Crippen LogP contribution in [0.2, 0.25) is 0 Å². The minimum Gasteiger partial charge on any atom is -0.399 e. The lowest BCUT2D eigenvalue weighted by Crippen LogP contribution is -2.41. The maximum absolute atomic E-state index is 6.11. The third-order valence-electron chi connectivity index (χ3n) is 5.41. The van der Waals surface area contributed by atoms with Crippen molar-refractivity contribution in [1.82, 2.24) is 14.8 Å². The van der Waals surface area contributed by atoms with Gasteiger partial charge in [-0.3, -0.25) is 0 Å². The highest BCUT2D eigenvalue weighted by molar-refractivity contribution is 6.62. The van der Waals surface area contributed by atoms with Crippen molar-refractivity contribution >= 4 is 23.6 Å². The number of pyridine rings is 1. The molecule has 0 amide bonds. The molecule has 0 spiro atoms. The molecule has 0 N–H and O–H groups in total. The molecule has 2 aliphatic rings. The van der Waals surface area contributed by atoms with Crippen molar-refractivity contribution in [2.24, 2.45) is 0 Å². The molecule has 0 aromatic carbocycles. The summed E-state index contributed by atoms with van der Waals surface area (Å²) in [5.74, 6) is 0. The van der Waals surface area contributed by atoms with Crippen molar-refractivity contribution in [2.45, 2.75) is 78.2 Å². The molecular formula is C19H30BN3O3. The molecule has 142 valence electrons. The summed E-state index contributed by atoms with van der Waals surface area (Å²) in [6.45, 7) is 13.0. The smallest absolute Gasteiger partial charge is 0.399 e. The van der Waals surface area contributed by atoms with Gasteiger partial charge >= 0.3 is 7.12 Å². The number of hydrogen-bond donors (Lipinski definition) is 0. The van der Waals surface area contributed by atoms with Gasteiger partial charge in [0.2, 0.25) is 0 Å². The van der Waals surface area contributed by atoms with Crippen LogP contribution >= 0.6 is 0 Å². The quantitative estimate of drug-likeness (QED) is 0.769. The van der Waals surface area contributed by atoms with E-state index in [1.54, 1.807) is 0 Å². The van der Waals surface area contributed by atoms with E-state index >= 15 is 0 Å². The van der Waals surface area contributed by atoms with E-state index < -0.39 is 7.12 Å². The summed E-state index contributed by atoms with van der Waals surface area (Å²) in [7, 11) is -0.402. The van der Waals surface area contributed by atoms with Crippen LogP contribution in [-0.4, -0.2) is 39.7 Å². The van der Waals surface area contributed by atoms with Gasteiger partial charge in [-0.2, -0.15) is 5.10 Å². The first-order valence-electron chi connectivity index (χ1n) is 9.68. The van der Waals surface area contributed by atoms with Crippen LogP contribution in [0.4, 0.5) is 0 Å². The van der Waals surface area contributed by atoms with E-state index in [-0.39, 0.29) is 17.4 Å². The summed E-state index contributed by atoms with van der Waals surface area (Å²) >= 11 is 0.